The Morgan fingerprint density at radius 3 is 2.43 bits per heavy atom. The molecular weight excluding hydrogens is 476 g/mol. The largest absolute Gasteiger partial charge is 0.461 e. The first-order valence-electron chi connectivity index (χ1n) is 12.4. The van der Waals surface area contributed by atoms with E-state index >= 15 is 0 Å². The SMILES string of the molecule is CC(C)OC(=O)[C@@H](NC(=O)c1cnc(-c2cccc(-c3nnc(C(=O)N[C@@H](C)C4CC4)[nH]3)c2)o1)C(C)C. The van der Waals surface area contributed by atoms with Gasteiger partial charge in [-0.1, -0.05) is 26.0 Å². The minimum Gasteiger partial charge on any atom is -0.461 e. The monoisotopic (exact) mass is 508 g/mol. The van der Waals surface area contributed by atoms with E-state index in [1.165, 1.54) is 6.20 Å². The summed E-state index contributed by atoms with van der Waals surface area (Å²) in [7, 11) is 0. The van der Waals surface area contributed by atoms with Gasteiger partial charge >= 0.3 is 5.97 Å². The Morgan fingerprint density at radius 1 is 1.03 bits per heavy atom. The summed E-state index contributed by atoms with van der Waals surface area (Å²) < 4.78 is 10.9. The fourth-order valence-electron chi connectivity index (χ4n) is 3.81. The molecule has 3 N–H and O–H groups in total. The fraction of sp³-hybridized carbons (Fsp3) is 0.462. The minimum atomic E-state index is -0.822. The van der Waals surface area contributed by atoms with Crippen LogP contribution >= 0.6 is 0 Å². The maximum Gasteiger partial charge on any atom is 0.329 e. The van der Waals surface area contributed by atoms with Gasteiger partial charge in [0, 0.05) is 17.2 Å². The molecule has 1 aromatic carbocycles. The van der Waals surface area contributed by atoms with Crippen molar-refractivity contribution in [3.8, 4) is 22.8 Å². The molecular formula is C26H32N6O5. The molecule has 2 heterocycles. The lowest BCUT2D eigenvalue weighted by Crippen LogP contribution is -2.45. The van der Waals surface area contributed by atoms with Gasteiger partial charge in [-0.3, -0.25) is 9.59 Å². The van der Waals surface area contributed by atoms with E-state index in [1.807, 2.05) is 26.8 Å². The number of hydrogen-bond acceptors (Lipinski definition) is 8. The van der Waals surface area contributed by atoms with Crippen molar-refractivity contribution in [2.45, 2.75) is 65.6 Å². The molecule has 11 nitrogen and oxygen atoms in total. The standard InChI is InChI=1S/C26H32N6O5/c1-13(2)20(26(35)36-14(3)4)29-23(33)19-12-27-25(37-19)18-8-6-7-17(11-18)21-30-22(32-31-21)24(34)28-15(5)16-9-10-16/h6-8,11-16,20H,9-10H2,1-5H3,(H,28,34)(H,29,33)(H,30,31,32)/t15-,20-/m0/s1. The van der Waals surface area contributed by atoms with Crippen molar-refractivity contribution >= 4 is 17.8 Å². The fourth-order valence-corrected chi connectivity index (χ4v) is 3.81. The second kappa shape index (κ2) is 10.9. The van der Waals surface area contributed by atoms with Crippen molar-refractivity contribution in [2.24, 2.45) is 11.8 Å². The molecule has 11 heteroatoms. The van der Waals surface area contributed by atoms with E-state index in [-0.39, 0.29) is 41.4 Å². The Balaban J connectivity index is 1.45. The number of H-pyrrole nitrogens is 1. The van der Waals surface area contributed by atoms with Gasteiger partial charge in [-0.25, -0.2) is 9.78 Å². The molecule has 1 saturated carbocycles. The van der Waals surface area contributed by atoms with Crippen LogP contribution in [0.25, 0.3) is 22.8 Å². The normalized spacial score (nSPS) is 14.9. The number of aromatic nitrogens is 4. The Kier molecular flexibility index (Phi) is 7.70. The number of aromatic amines is 1. The Bertz CT molecular complexity index is 1280. The van der Waals surface area contributed by atoms with Crippen LogP contribution < -0.4 is 10.6 Å². The summed E-state index contributed by atoms with van der Waals surface area (Å²) >= 11 is 0. The molecule has 2 atom stereocenters. The first-order valence-corrected chi connectivity index (χ1v) is 12.4. The summed E-state index contributed by atoms with van der Waals surface area (Å²) in [5.74, 6) is -0.290. The predicted molar refractivity (Wildman–Crippen MR) is 134 cm³/mol. The third kappa shape index (κ3) is 6.41. The molecule has 0 spiro atoms. The van der Waals surface area contributed by atoms with Crippen molar-refractivity contribution < 1.29 is 23.5 Å². The first-order chi connectivity index (χ1) is 17.6. The van der Waals surface area contributed by atoms with Crippen molar-refractivity contribution in [2.75, 3.05) is 0 Å². The molecule has 1 fully saturated rings. The molecule has 0 bridgehead atoms. The number of benzene rings is 1. The average Bonchev–Trinajstić information content (AvgIpc) is 3.37. The van der Waals surface area contributed by atoms with Crippen LogP contribution in [0.1, 0.15) is 68.6 Å². The van der Waals surface area contributed by atoms with E-state index in [4.69, 9.17) is 9.15 Å². The quantitative estimate of drug-likeness (QED) is 0.353. The van der Waals surface area contributed by atoms with Gasteiger partial charge in [0.15, 0.2) is 5.82 Å². The smallest absolute Gasteiger partial charge is 0.329 e. The molecule has 0 unspecified atom stereocenters. The van der Waals surface area contributed by atoms with Gasteiger partial charge in [0.2, 0.25) is 17.5 Å². The Labute approximate surface area is 214 Å². The number of nitrogens with one attached hydrogen (secondary N) is 3. The van der Waals surface area contributed by atoms with Crippen LogP contribution in [0.3, 0.4) is 0 Å². The summed E-state index contributed by atoms with van der Waals surface area (Å²) in [6.45, 7) is 9.11. The van der Waals surface area contributed by atoms with Gasteiger partial charge in [0.1, 0.15) is 6.04 Å². The first kappa shape index (κ1) is 26.1. The Morgan fingerprint density at radius 2 is 1.76 bits per heavy atom. The van der Waals surface area contributed by atoms with Crippen LogP contribution in [0.5, 0.6) is 0 Å². The maximum atomic E-state index is 12.8. The van der Waals surface area contributed by atoms with Crippen LogP contribution in [0, 0.1) is 11.8 Å². The Hall–Kier alpha value is -4.02. The molecule has 1 aliphatic carbocycles. The molecule has 0 aliphatic heterocycles. The molecule has 2 aromatic heterocycles. The molecule has 1 aliphatic rings. The van der Waals surface area contributed by atoms with E-state index in [2.05, 4.69) is 30.8 Å². The van der Waals surface area contributed by atoms with E-state index < -0.39 is 17.9 Å². The molecule has 0 saturated heterocycles. The van der Waals surface area contributed by atoms with Crippen LogP contribution in [0.2, 0.25) is 0 Å². The number of nitrogens with zero attached hydrogens (tertiary/aromatic N) is 3. The van der Waals surface area contributed by atoms with Crippen LogP contribution in [0.15, 0.2) is 34.9 Å². The number of rotatable bonds is 10. The second-order valence-corrected chi connectivity index (χ2v) is 9.91. The summed E-state index contributed by atoms with van der Waals surface area (Å²) in [6, 6.07) is 6.40. The van der Waals surface area contributed by atoms with Crippen molar-refractivity contribution in [1.29, 1.82) is 0 Å². The highest BCUT2D eigenvalue weighted by atomic mass is 16.5. The van der Waals surface area contributed by atoms with Gasteiger partial charge in [-0.2, -0.15) is 0 Å². The molecule has 37 heavy (non-hydrogen) atoms. The number of amides is 2. The third-order valence-electron chi connectivity index (χ3n) is 6.06. The van der Waals surface area contributed by atoms with E-state index in [0.29, 0.717) is 22.9 Å². The second-order valence-electron chi connectivity index (χ2n) is 9.91. The lowest BCUT2D eigenvalue weighted by atomic mass is 10.0. The van der Waals surface area contributed by atoms with Gasteiger partial charge < -0.3 is 24.8 Å². The van der Waals surface area contributed by atoms with Gasteiger partial charge in [-0.15, -0.1) is 10.2 Å². The molecule has 2 amide bonds. The number of carbonyl (C=O) groups excluding carboxylic acids is 3. The van der Waals surface area contributed by atoms with E-state index in [1.54, 1.807) is 32.0 Å². The number of hydrogen-bond donors (Lipinski definition) is 3. The lowest BCUT2D eigenvalue weighted by Gasteiger charge is -2.21. The molecule has 196 valence electrons. The molecule has 3 aromatic rings. The van der Waals surface area contributed by atoms with Crippen LogP contribution in [-0.2, 0) is 9.53 Å². The topological polar surface area (TPSA) is 152 Å². The van der Waals surface area contributed by atoms with E-state index in [0.717, 1.165) is 12.8 Å². The zero-order valence-electron chi connectivity index (χ0n) is 21.6. The zero-order valence-corrected chi connectivity index (χ0v) is 21.6. The third-order valence-corrected chi connectivity index (χ3v) is 6.06. The highest BCUT2D eigenvalue weighted by Gasteiger charge is 2.30. The highest BCUT2D eigenvalue weighted by Crippen LogP contribution is 2.32. The molecule has 0 radical (unpaired) electrons. The van der Waals surface area contributed by atoms with Crippen molar-refractivity contribution in [3.63, 3.8) is 0 Å². The average molecular weight is 509 g/mol. The van der Waals surface area contributed by atoms with Crippen LogP contribution in [0.4, 0.5) is 0 Å². The zero-order chi connectivity index (χ0) is 26.7. The predicted octanol–water partition coefficient (Wildman–Crippen LogP) is 3.36. The maximum absolute atomic E-state index is 12.8. The van der Waals surface area contributed by atoms with Crippen LogP contribution in [-0.4, -0.2) is 56.1 Å². The number of carbonyl (C=O) groups is 3. The molecule has 4 rings (SSSR count). The van der Waals surface area contributed by atoms with E-state index in [9.17, 15) is 14.4 Å². The highest BCUT2D eigenvalue weighted by molar-refractivity contribution is 5.94. The lowest BCUT2D eigenvalue weighted by molar-refractivity contribution is -0.150. The minimum absolute atomic E-state index is 0.0354. The van der Waals surface area contributed by atoms with Crippen molar-refractivity contribution in [1.82, 2.24) is 30.8 Å². The summed E-state index contributed by atoms with van der Waals surface area (Å²) in [5, 5.41) is 13.7. The number of oxazole rings is 1. The summed E-state index contributed by atoms with van der Waals surface area (Å²) in [5.41, 5.74) is 1.26. The van der Waals surface area contributed by atoms with Gasteiger partial charge in [0.05, 0.1) is 12.3 Å². The number of esters is 1. The number of ether oxygens (including phenoxy) is 1. The van der Waals surface area contributed by atoms with Gasteiger partial charge in [0.25, 0.3) is 11.8 Å². The summed E-state index contributed by atoms with van der Waals surface area (Å²) in [4.78, 5) is 44.8. The van der Waals surface area contributed by atoms with Crippen molar-refractivity contribution in [3.05, 3.63) is 42.0 Å². The van der Waals surface area contributed by atoms with Gasteiger partial charge in [-0.05, 0) is 57.6 Å². The summed E-state index contributed by atoms with van der Waals surface area (Å²) in [6.07, 6.45) is 3.27.